The number of anilines is 2. The van der Waals surface area contributed by atoms with Crippen molar-refractivity contribution < 1.29 is 9.53 Å². The van der Waals surface area contributed by atoms with E-state index >= 15 is 0 Å². The summed E-state index contributed by atoms with van der Waals surface area (Å²) in [5.41, 5.74) is 9.81. The summed E-state index contributed by atoms with van der Waals surface area (Å²) in [5, 5.41) is 20.5. The van der Waals surface area contributed by atoms with E-state index in [1.54, 1.807) is 30.3 Å². The molecule has 0 spiro atoms. The van der Waals surface area contributed by atoms with Crippen LogP contribution in [0.2, 0.25) is 5.02 Å². The molecule has 0 aliphatic carbocycles. The number of nitrogens with one attached hydrogen (secondary N) is 2. The second-order valence-electron chi connectivity index (χ2n) is 7.42. The largest absolute Gasteiger partial charge is 0.494 e. The van der Waals surface area contributed by atoms with E-state index in [4.69, 9.17) is 32.7 Å². The van der Waals surface area contributed by atoms with Gasteiger partial charge >= 0.3 is 0 Å². The fraction of sp³-hybridized carbons (Fsp3) is 0.304. The Labute approximate surface area is 197 Å². The molecule has 1 aliphatic heterocycles. The van der Waals surface area contributed by atoms with Crippen LogP contribution in [0, 0.1) is 16.7 Å². The maximum Gasteiger partial charge on any atom is 0.253 e. The van der Waals surface area contributed by atoms with Crippen LogP contribution in [0.4, 0.5) is 11.4 Å². The van der Waals surface area contributed by atoms with Crippen molar-refractivity contribution in [2.75, 3.05) is 43.1 Å². The summed E-state index contributed by atoms with van der Waals surface area (Å²) in [4.78, 5) is 16.8. The maximum atomic E-state index is 12.9. The molecular weight excluding hydrogens is 442 g/mol. The third kappa shape index (κ3) is 6.14. The van der Waals surface area contributed by atoms with Gasteiger partial charge in [-0.3, -0.25) is 15.6 Å². The number of carbonyl (C=O) groups excluding carboxylic acids is 1. The number of piperazine rings is 1. The Kier molecular flexibility index (Phi) is 8.11. The standard InChI is InChI=1S/C23H26ClN7O2/c1-2-13-33-18-6-3-16(4-7-18)23(32)31-11-9-30(10-12-31)21-8-5-17(14-19(21)24)28-29-20(15-25)22(26)27/h3-8,14,28H,2,9-13H2,1H3,(H3,26,27)/b29-20+. The Morgan fingerprint density at radius 3 is 2.52 bits per heavy atom. The van der Waals surface area contributed by atoms with E-state index < -0.39 is 5.84 Å². The minimum atomic E-state index is -0.416. The van der Waals surface area contributed by atoms with Gasteiger partial charge < -0.3 is 20.3 Å². The molecule has 172 valence electrons. The molecule has 2 aromatic rings. The van der Waals surface area contributed by atoms with Crippen molar-refractivity contribution in [2.24, 2.45) is 10.8 Å². The van der Waals surface area contributed by atoms with Crippen molar-refractivity contribution >= 4 is 40.4 Å². The van der Waals surface area contributed by atoms with E-state index in [0.29, 0.717) is 49.1 Å². The fourth-order valence-corrected chi connectivity index (χ4v) is 3.65. The normalized spacial score (nSPS) is 13.9. The summed E-state index contributed by atoms with van der Waals surface area (Å²) in [6, 6.07) is 14.3. The van der Waals surface area contributed by atoms with Crippen LogP contribution in [-0.2, 0) is 0 Å². The van der Waals surface area contributed by atoms with Gasteiger partial charge in [-0.15, -0.1) is 0 Å². The van der Waals surface area contributed by atoms with Gasteiger partial charge in [0.15, 0.2) is 5.84 Å². The van der Waals surface area contributed by atoms with E-state index in [9.17, 15) is 4.79 Å². The molecule has 10 heteroatoms. The Hall–Kier alpha value is -3.77. The second kappa shape index (κ2) is 11.2. The van der Waals surface area contributed by atoms with E-state index in [2.05, 4.69) is 15.4 Å². The van der Waals surface area contributed by atoms with Crippen molar-refractivity contribution in [3.05, 3.63) is 53.1 Å². The monoisotopic (exact) mass is 467 g/mol. The summed E-state index contributed by atoms with van der Waals surface area (Å²) < 4.78 is 5.58. The van der Waals surface area contributed by atoms with Crippen LogP contribution in [-0.4, -0.2) is 55.1 Å². The zero-order valence-electron chi connectivity index (χ0n) is 18.3. The van der Waals surface area contributed by atoms with E-state index in [0.717, 1.165) is 17.9 Å². The number of halogens is 1. The highest BCUT2D eigenvalue weighted by Crippen LogP contribution is 2.30. The smallest absolute Gasteiger partial charge is 0.253 e. The van der Waals surface area contributed by atoms with Gasteiger partial charge in [0, 0.05) is 31.7 Å². The van der Waals surface area contributed by atoms with Crippen LogP contribution < -0.4 is 20.8 Å². The Balaban J connectivity index is 1.58. The van der Waals surface area contributed by atoms with Crippen LogP contribution >= 0.6 is 11.6 Å². The van der Waals surface area contributed by atoms with Gasteiger partial charge in [-0.2, -0.15) is 10.4 Å². The molecule has 3 rings (SSSR count). The first-order valence-corrected chi connectivity index (χ1v) is 11.0. The highest BCUT2D eigenvalue weighted by atomic mass is 35.5. The average molecular weight is 468 g/mol. The molecule has 0 bridgehead atoms. The predicted octanol–water partition coefficient (Wildman–Crippen LogP) is 3.32. The lowest BCUT2D eigenvalue weighted by molar-refractivity contribution is 0.0747. The first-order valence-electron chi connectivity index (χ1n) is 10.6. The number of rotatable bonds is 8. The zero-order valence-corrected chi connectivity index (χ0v) is 19.1. The van der Waals surface area contributed by atoms with E-state index in [1.165, 1.54) is 0 Å². The quantitative estimate of drug-likeness (QED) is 0.310. The number of nitrogens with zero attached hydrogens (tertiary/aromatic N) is 4. The molecule has 0 saturated carbocycles. The molecule has 0 unspecified atom stereocenters. The minimum Gasteiger partial charge on any atom is -0.494 e. The van der Waals surface area contributed by atoms with Crippen LogP contribution in [0.3, 0.4) is 0 Å². The van der Waals surface area contributed by atoms with Crippen LogP contribution in [0.25, 0.3) is 0 Å². The highest BCUT2D eigenvalue weighted by molar-refractivity contribution is 6.45. The molecule has 9 nitrogen and oxygen atoms in total. The van der Waals surface area contributed by atoms with E-state index in [-0.39, 0.29) is 11.6 Å². The molecule has 4 N–H and O–H groups in total. The van der Waals surface area contributed by atoms with Crippen molar-refractivity contribution in [3.63, 3.8) is 0 Å². The van der Waals surface area contributed by atoms with Crippen LogP contribution in [0.1, 0.15) is 23.7 Å². The number of amides is 1. The highest BCUT2D eigenvalue weighted by Gasteiger charge is 2.23. The van der Waals surface area contributed by atoms with Gasteiger partial charge in [-0.05, 0) is 48.9 Å². The predicted molar refractivity (Wildman–Crippen MR) is 130 cm³/mol. The van der Waals surface area contributed by atoms with Crippen LogP contribution in [0.5, 0.6) is 5.75 Å². The molecule has 33 heavy (non-hydrogen) atoms. The summed E-state index contributed by atoms with van der Waals surface area (Å²) in [6.45, 7) is 5.16. The number of hydrogen-bond acceptors (Lipinski definition) is 7. The van der Waals surface area contributed by atoms with Crippen molar-refractivity contribution in [1.29, 1.82) is 10.7 Å². The lowest BCUT2D eigenvalue weighted by Crippen LogP contribution is -2.48. The molecule has 2 aromatic carbocycles. The second-order valence-corrected chi connectivity index (χ2v) is 7.82. The number of amidine groups is 1. The first-order chi connectivity index (χ1) is 15.9. The fourth-order valence-electron chi connectivity index (χ4n) is 3.35. The Morgan fingerprint density at radius 1 is 1.24 bits per heavy atom. The number of hydrogen-bond donors (Lipinski definition) is 3. The molecule has 1 amide bonds. The first kappa shape index (κ1) is 23.9. The SMILES string of the molecule is CCCOc1ccc(C(=O)N2CCN(c3ccc(N/N=C(\C#N)C(=N)N)cc3Cl)CC2)cc1. The maximum absolute atomic E-state index is 12.9. The summed E-state index contributed by atoms with van der Waals surface area (Å²) in [5.74, 6) is 0.349. The van der Waals surface area contributed by atoms with Crippen molar-refractivity contribution in [2.45, 2.75) is 13.3 Å². The summed E-state index contributed by atoms with van der Waals surface area (Å²) >= 11 is 6.47. The third-order valence-corrected chi connectivity index (χ3v) is 5.39. The van der Waals surface area contributed by atoms with Gasteiger partial charge in [0.25, 0.3) is 5.91 Å². The summed E-state index contributed by atoms with van der Waals surface area (Å²) in [7, 11) is 0. The van der Waals surface area contributed by atoms with Crippen LogP contribution in [0.15, 0.2) is 47.6 Å². The van der Waals surface area contributed by atoms with Gasteiger partial charge in [0.2, 0.25) is 5.71 Å². The number of benzene rings is 2. The van der Waals surface area contributed by atoms with Gasteiger partial charge in [0.05, 0.1) is 23.0 Å². The Bertz CT molecular complexity index is 1070. The molecular formula is C23H26ClN7O2. The minimum absolute atomic E-state index is 0.000957. The van der Waals surface area contributed by atoms with E-state index in [1.807, 2.05) is 30.0 Å². The molecule has 0 radical (unpaired) electrons. The topological polar surface area (TPSA) is 131 Å². The number of ether oxygens (including phenoxy) is 1. The number of nitriles is 1. The molecule has 1 aliphatic rings. The lowest BCUT2D eigenvalue weighted by Gasteiger charge is -2.36. The van der Waals surface area contributed by atoms with Crippen molar-refractivity contribution in [1.82, 2.24) is 4.90 Å². The number of nitrogens with two attached hydrogens (primary N) is 1. The lowest BCUT2D eigenvalue weighted by atomic mass is 10.1. The summed E-state index contributed by atoms with van der Waals surface area (Å²) in [6.07, 6.45) is 0.935. The molecule has 1 fully saturated rings. The molecule has 0 aromatic heterocycles. The van der Waals surface area contributed by atoms with Gasteiger partial charge in [-0.25, -0.2) is 0 Å². The molecule has 1 heterocycles. The molecule has 1 saturated heterocycles. The molecule has 0 atom stereocenters. The van der Waals surface area contributed by atoms with Crippen molar-refractivity contribution in [3.8, 4) is 11.8 Å². The third-order valence-electron chi connectivity index (χ3n) is 5.09. The number of hydrazone groups is 1. The number of carbonyl (C=O) groups is 1. The average Bonchev–Trinajstić information content (AvgIpc) is 2.83. The van der Waals surface area contributed by atoms with Gasteiger partial charge in [-0.1, -0.05) is 18.5 Å². The Morgan fingerprint density at radius 2 is 1.94 bits per heavy atom. The van der Waals surface area contributed by atoms with Gasteiger partial charge in [0.1, 0.15) is 11.8 Å². The zero-order chi connectivity index (χ0) is 23.8.